The van der Waals surface area contributed by atoms with E-state index in [0.717, 1.165) is 24.3 Å². The number of nitrogens with one attached hydrogen (secondary N) is 1. The highest BCUT2D eigenvalue weighted by atomic mass is 35.5. The van der Waals surface area contributed by atoms with Gasteiger partial charge in [0.15, 0.2) is 0 Å². The highest BCUT2D eigenvalue weighted by Crippen LogP contribution is 2.59. The third kappa shape index (κ3) is 2.53. The summed E-state index contributed by atoms with van der Waals surface area (Å²) in [5.41, 5.74) is 6.03. The van der Waals surface area contributed by atoms with Gasteiger partial charge in [-0.3, -0.25) is 4.79 Å². The number of nitrogens with two attached hydrogens (primary N) is 1. The molecule has 4 heteroatoms. The Labute approximate surface area is 116 Å². The lowest BCUT2D eigenvalue weighted by Gasteiger charge is -2.57. The van der Waals surface area contributed by atoms with E-state index >= 15 is 0 Å². The van der Waals surface area contributed by atoms with E-state index in [1.807, 2.05) is 0 Å². The summed E-state index contributed by atoms with van der Waals surface area (Å²) in [4.78, 5) is 11.6. The van der Waals surface area contributed by atoms with E-state index in [4.69, 9.17) is 5.73 Å². The minimum atomic E-state index is -0.371. The third-order valence-electron chi connectivity index (χ3n) is 5.22. The van der Waals surface area contributed by atoms with Gasteiger partial charge in [-0.1, -0.05) is 0 Å². The molecule has 4 aliphatic rings. The molecule has 1 amide bonds. The van der Waals surface area contributed by atoms with Gasteiger partial charge in [-0.05, 0) is 68.6 Å². The van der Waals surface area contributed by atoms with Crippen molar-refractivity contribution >= 4 is 18.3 Å². The first-order valence-electron chi connectivity index (χ1n) is 7.10. The molecule has 1 unspecified atom stereocenters. The van der Waals surface area contributed by atoms with E-state index in [1.54, 1.807) is 6.92 Å². The van der Waals surface area contributed by atoms with Crippen LogP contribution in [0.2, 0.25) is 0 Å². The van der Waals surface area contributed by atoms with Crippen molar-refractivity contribution in [1.29, 1.82) is 0 Å². The lowest BCUT2D eigenvalue weighted by molar-refractivity contribution is -0.124. The average molecular weight is 273 g/mol. The Bertz CT molecular complexity index is 294. The fourth-order valence-electron chi connectivity index (χ4n) is 4.94. The van der Waals surface area contributed by atoms with Gasteiger partial charge in [0.2, 0.25) is 5.91 Å². The van der Waals surface area contributed by atoms with Crippen molar-refractivity contribution in [3.8, 4) is 0 Å². The Balaban J connectivity index is 0.00000120. The van der Waals surface area contributed by atoms with E-state index < -0.39 is 0 Å². The molecule has 0 radical (unpaired) electrons. The largest absolute Gasteiger partial charge is 0.354 e. The summed E-state index contributed by atoms with van der Waals surface area (Å²) in [5, 5.41) is 3.08. The second-order valence-corrected chi connectivity index (χ2v) is 6.92. The van der Waals surface area contributed by atoms with Crippen molar-refractivity contribution in [1.82, 2.24) is 5.32 Å². The zero-order valence-electron chi connectivity index (χ0n) is 11.2. The van der Waals surface area contributed by atoms with Crippen molar-refractivity contribution in [3.63, 3.8) is 0 Å². The molecule has 1 atom stereocenters. The SMILES string of the molecule is CC(N)C(=O)NCC12CC3CC(CC(C3)C1)C2.Cl. The quantitative estimate of drug-likeness (QED) is 0.827. The maximum atomic E-state index is 11.6. The minimum Gasteiger partial charge on any atom is -0.354 e. The first-order chi connectivity index (χ1) is 8.06. The minimum absolute atomic E-state index is 0. The normalized spacial score (nSPS) is 42.2. The van der Waals surface area contributed by atoms with Crippen molar-refractivity contribution in [2.24, 2.45) is 28.9 Å². The lowest BCUT2D eigenvalue weighted by atomic mass is 9.49. The smallest absolute Gasteiger partial charge is 0.236 e. The van der Waals surface area contributed by atoms with Crippen molar-refractivity contribution in [3.05, 3.63) is 0 Å². The van der Waals surface area contributed by atoms with Crippen LogP contribution in [0.25, 0.3) is 0 Å². The highest BCUT2D eigenvalue weighted by molar-refractivity contribution is 5.85. The molecule has 18 heavy (non-hydrogen) atoms. The van der Waals surface area contributed by atoms with Gasteiger partial charge < -0.3 is 11.1 Å². The summed E-state index contributed by atoms with van der Waals surface area (Å²) >= 11 is 0. The first-order valence-corrected chi connectivity index (χ1v) is 7.10. The Kier molecular flexibility index (Phi) is 3.93. The Hall–Kier alpha value is -0.280. The monoisotopic (exact) mass is 272 g/mol. The topological polar surface area (TPSA) is 55.1 Å². The summed E-state index contributed by atoms with van der Waals surface area (Å²) in [7, 11) is 0. The third-order valence-corrected chi connectivity index (χ3v) is 5.22. The molecule has 0 saturated heterocycles. The fourth-order valence-corrected chi connectivity index (χ4v) is 4.94. The van der Waals surface area contributed by atoms with E-state index in [9.17, 15) is 4.79 Å². The Morgan fingerprint density at radius 3 is 2.06 bits per heavy atom. The molecular weight excluding hydrogens is 248 g/mol. The molecule has 0 aromatic rings. The van der Waals surface area contributed by atoms with Crippen LogP contribution in [0.1, 0.15) is 45.4 Å². The molecule has 0 aromatic carbocycles. The maximum Gasteiger partial charge on any atom is 0.236 e. The Morgan fingerprint density at radius 2 is 1.67 bits per heavy atom. The van der Waals surface area contributed by atoms with Crippen LogP contribution < -0.4 is 11.1 Å². The second kappa shape index (κ2) is 5.01. The van der Waals surface area contributed by atoms with Crippen molar-refractivity contribution in [2.75, 3.05) is 6.54 Å². The number of carbonyl (C=O) groups excluding carboxylic acids is 1. The molecule has 104 valence electrons. The predicted octanol–water partition coefficient (Wildman–Crippen LogP) is 2.09. The first kappa shape index (κ1) is 14.1. The van der Waals surface area contributed by atoms with Gasteiger partial charge in [-0.2, -0.15) is 0 Å². The van der Waals surface area contributed by atoms with Crippen LogP contribution in [-0.4, -0.2) is 18.5 Å². The zero-order valence-corrected chi connectivity index (χ0v) is 12.0. The van der Waals surface area contributed by atoms with Gasteiger partial charge in [0, 0.05) is 6.54 Å². The van der Waals surface area contributed by atoms with Crippen LogP contribution in [0.15, 0.2) is 0 Å². The molecule has 3 nitrogen and oxygen atoms in total. The predicted molar refractivity (Wildman–Crippen MR) is 74.5 cm³/mol. The molecule has 4 bridgehead atoms. The summed E-state index contributed by atoms with van der Waals surface area (Å²) < 4.78 is 0. The number of hydrogen-bond donors (Lipinski definition) is 2. The zero-order chi connectivity index (χ0) is 12.0. The van der Waals surface area contributed by atoms with Gasteiger partial charge in [0.25, 0.3) is 0 Å². The van der Waals surface area contributed by atoms with Crippen molar-refractivity contribution in [2.45, 2.75) is 51.5 Å². The van der Waals surface area contributed by atoms with Crippen molar-refractivity contribution < 1.29 is 4.79 Å². The van der Waals surface area contributed by atoms with Gasteiger partial charge in [0.1, 0.15) is 0 Å². The molecule has 0 aliphatic heterocycles. The van der Waals surface area contributed by atoms with Crippen LogP contribution in [0.4, 0.5) is 0 Å². The number of rotatable bonds is 3. The number of halogens is 1. The molecular formula is C14H25ClN2O. The highest BCUT2D eigenvalue weighted by Gasteiger charge is 2.50. The Morgan fingerprint density at radius 1 is 1.22 bits per heavy atom. The molecule has 0 aromatic heterocycles. The molecule has 4 aliphatic carbocycles. The molecule has 4 rings (SSSR count). The standard InChI is InChI=1S/C14H24N2O.ClH/c1-9(15)13(17)16-8-14-5-10-2-11(6-14)4-12(3-10)7-14;/h9-12H,2-8,15H2,1H3,(H,16,17);1H. The lowest BCUT2D eigenvalue weighted by Crippen LogP contribution is -2.52. The fraction of sp³-hybridized carbons (Fsp3) is 0.929. The number of hydrogen-bond acceptors (Lipinski definition) is 2. The number of amides is 1. The molecule has 3 N–H and O–H groups in total. The second-order valence-electron chi connectivity index (χ2n) is 6.92. The summed E-state index contributed by atoms with van der Waals surface area (Å²) in [6.07, 6.45) is 8.41. The average Bonchev–Trinajstić information content (AvgIpc) is 2.24. The van der Waals surface area contributed by atoms with Gasteiger partial charge in [-0.25, -0.2) is 0 Å². The maximum absolute atomic E-state index is 11.6. The van der Waals surface area contributed by atoms with Crippen LogP contribution in [0.5, 0.6) is 0 Å². The van der Waals surface area contributed by atoms with E-state index in [0.29, 0.717) is 5.41 Å². The number of carbonyl (C=O) groups is 1. The van der Waals surface area contributed by atoms with Gasteiger partial charge >= 0.3 is 0 Å². The van der Waals surface area contributed by atoms with Gasteiger partial charge in [0.05, 0.1) is 6.04 Å². The molecule has 4 saturated carbocycles. The summed E-state index contributed by atoms with van der Waals surface area (Å²) in [6.45, 7) is 2.63. The van der Waals surface area contributed by atoms with Crippen LogP contribution in [0.3, 0.4) is 0 Å². The van der Waals surface area contributed by atoms with Crippen LogP contribution >= 0.6 is 12.4 Å². The van der Waals surface area contributed by atoms with Crippen LogP contribution in [-0.2, 0) is 4.79 Å². The molecule has 0 spiro atoms. The van der Waals surface area contributed by atoms with Gasteiger partial charge in [-0.15, -0.1) is 12.4 Å². The summed E-state index contributed by atoms with van der Waals surface area (Å²) in [5.74, 6) is 2.87. The van der Waals surface area contributed by atoms with E-state index in [-0.39, 0.29) is 24.4 Å². The van der Waals surface area contributed by atoms with Crippen LogP contribution in [0, 0.1) is 23.2 Å². The van der Waals surface area contributed by atoms with E-state index in [1.165, 1.54) is 38.5 Å². The van der Waals surface area contributed by atoms with E-state index in [2.05, 4.69) is 5.32 Å². The summed E-state index contributed by atoms with van der Waals surface area (Å²) in [6, 6.07) is -0.371. The molecule has 0 heterocycles. The molecule has 4 fully saturated rings.